The first kappa shape index (κ1) is 29.5. The lowest BCUT2D eigenvalue weighted by Crippen LogP contribution is -2.32. The van der Waals surface area contributed by atoms with Crippen molar-refractivity contribution in [3.05, 3.63) is 35.9 Å². The van der Waals surface area contributed by atoms with Gasteiger partial charge in [-0.05, 0) is 5.56 Å². The Kier molecular flexibility index (Phi) is 11.8. The molecular formula is C25H30F2N2O8. The average Bonchev–Trinajstić information content (AvgIpc) is 3.39. The summed E-state index contributed by atoms with van der Waals surface area (Å²) in [6.07, 6.45) is -0.736. The minimum atomic E-state index is -1.21. The number of carboxylic acids is 1. The Labute approximate surface area is 212 Å². The fraction of sp³-hybridized carbons (Fsp3) is 0.520. The molecule has 0 aliphatic carbocycles. The summed E-state index contributed by atoms with van der Waals surface area (Å²) < 4.78 is 29.8. The SMILES string of the molecule is O=C(CC(=O)OCc1ccccc1)CN1C[C@@H](CF)CC1=O.O=C(O)CC(=O)CN1C[C@@H](CF)CC1=O. The molecule has 1 aromatic carbocycles. The number of halogens is 2. The Morgan fingerprint density at radius 2 is 1.32 bits per heavy atom. The number of esters is 1. The lowest BCUT2D eigenvalue weighted by Gasteiger charge is -2.14. The second-order valence-corrected chi connectivity index (χ2v) is 8.97. The molecule has 1 aromatic rings. The number of carbonyl (C=O) groups excluding carboxylic acids is 5. The molecule has 2 saturated heterocycles. The monoisotopic (exact) mass is 524 g/mol. The first-order valence-corrected chi connectivity index (χ1v) is 11.7. The van der Waals surface area contributed by atoms with Crippen molar-refractivity contribution in [3.63, 3.8) is 0 Å². The van der Waals surface area contributed by atoms with Crippen LogP contribution in [0.5, 0.6) is 0 Å². The van der Waals surface area contributed by atoms with Crippen LogP contribution in [-0.2, 0) is 40.1 Å². The summed E-state index contributed by atoms with van der Waals surface area (Å²) in [5.74, 6) is -3.98. The first-order chi connectivity index (χ1) is 17.6. The number of ether oxygens (including phenoxy) is 1. The molecule has 2 heterocycles. The zero-order valence-electron chi connectivity index (χ0n) is 20.3. The van der Waals surface area contributed by atoms with Crippen molar-refractivity contribution >= 4 is 35.3 Å². The molecule has 3 rings (SSSR count). The van der Waals surface area contributed by atoms with Crippen LogP contribution in [0, 0.1) is 11.8 Å². The van der Waals surface area contributed by atoms with Crippen molar-refractivity contribution in [2.75, 3.05) is 39.5 Å². The Hall–Kier alpha value is -3.70. The van der Waals surface area contributed by atoms with Crippen LogP contribution in [0.2, 0.25) is 0 Å². The van der Waals surface area contributed by atoms with Gasteiger partial charge in [0.15, 0.2) is 11.6 Å². The van der Waals surface area contributed by atoms with Gasteiger partial charge in [-0.15, -0.1) is 0 Å². The van der Waals surface area contributed by atoms with Gasteiger partial charge in [-0.2, -0.15) is 0 Å². The fourth-order valence-electron chi connectivity index (χ4n) is 3.88. The highest BCUT2D eigenvalue weighted by molar-refractivity contribution is 5.98. The molecule has 2 aliphatic rings. The van der Waals surface area contributed by atoms with E-state index >= 15 is 0 Å². The molecule has 12 heteroatoms. The van der Waals surface area contributed by atoms with Gasteiger partial charge >= 0.3 is 11.9 Å². The maximum absolute atomic E-state index is 12.5. The molecule has 1 N–H and O–H groups in total. The molecule has 0 spiro atoms. The lowest BCUT2D eigenvalue weighted by atomic mass is 10.1. The number of ketones is 2. The average molecular weight is 525 g/mol. The quantitative estimate of drug-likeness (QED) is 0.320. The maximum Gasteiger partial charge on any atom is 0.313 e. The number of carbonyl (C=O) groups is 6. The number of aliphatic carboxylic acids is 1. The third kappa shape index (κ3) is 10.4. The van der Waals surface area contributed by atoms with E-state index in [9.17, 15) is 37.5 Å². The van der Waals surface area contributed by atoms with Gasteiger partial charge in [-0.1, -0.05) is 30.3 Å². The summed E-state index contributed by atoms with van der Waals surface area (Å²) in [4.78, 5) is 70.0. The zero-order valence-corrected chi connectivity index (χ0v) is 20.3. The van der Waals surface area contributed by atoms with E-state index in [1.165, 1.54) is 9.80 Å². The van der Waals surface area contributed by atoms with Crippen molar-refractivity contribution in [2.24, 2.45) is 11.8 Å². The maximum atomic E-state index is 12.5. The van der Waals surface area contributed by atoms with Crippen LogP contribution < -0.4 is 0 Å². The summed E-state index contributed by atoms with van der Waals surface area (Å²) in [6.45, 7) is -0.983. The van der Waals surface area contributed by atoms with Crippen LogP contribution in [0.25, 0.3) is 0 Å². The van der Waals surface area contributed by atoms with E-state index in [0.29, 0.717) is 0 Å². The first-order valence-electron chi connectivity index (χ1n) is 11.7. The molecule has 2 amide bonds. The summed E-state index contributed by atoms with van der Waals surface area (Å²) in [7, 11) is 0. The fourth-order valence-corrected chi connectivity index (χ4v) is 3.88. The van der Waals surface area contributed by atoms with Crippen LogP contribution in [0.3, 0.4) is 0 Å². The van der Waals surface area contributed by atoms with Gasteiger partial charge in [0.1, 0.15) is 19.4 Å². The number of rotatable bonds is 12. The van der Waals surface area contributed by atoms with E-state index in [2.05, 4.69) is 0 Å². The van der Waals surface area contributed by atoms with Gasteiger partial charge < -0.3 is 19.6 Å². The molecule has 0 aromatic heterocycles. The summed E-state index contributed by atoms with van der Waals surface area (Å²) in [6, 6.07) is 9.14. The molecule has 0 saturated carbocycles. The summed E-state index contributed by atoms with van der Waals surface area (Å²) in [5.41, 5.74) is 0.837. The van der Waals surface area contributed by atoms with Crippen LogP contribution in [0.1, 0.15) is 31.2 Å². The van der Waals surface area contributed by atoms with Crippen LogP contribution in [0.15, 0.2) is 30.3 Å². The standard InChI is InChI=1S/C16H18FNO4.C9H12FNO4/c17-8-13-6-15(20)18(9-13)10-14(19)7-16(21)22-11-12-4-2-1-3-5-12;10-3-6-1-8(13)11(4-6)5-7(12)2-9(14)15/h1-5,13H,6-11H2;6H,1-5H2,(H,14,15)/t13-;6-/m11/s1. The van der Waals surface area contributed by atoms with E-state index in [1.807, 2.05) is 30.3 Å². The number of amides is 2. The largest absolute Gasteiger partial charge is 0.481 e. The Bertz CT molecular complexity index is 988. The van der Waals surface area contributed by atoms with E-state index < -0.39 is 43.3 Å². The molecule has 2 aliphatic heterocycles. The predicted octanol–water partition coefficient (Wildman–Crippen LogP) is 1.36. The normalized spacial score (nSPS) is 18.9. The molecule has 2 fully saturated rings. The van der Waals surface area contributed by atoms with E-state index in [1.54, 1.807) is 0 Å². The van der Waals surface area contributed by atoms with Crippen LogP contribution >= 0.6 is 0 Å². The van der Waals surface area contributed by atoms with Gasteiger partial charge in [-0.3, -0.25) is 37.5 Å². The number of carboxylic acid groups (broad SMARTS) is 1. The second-order valence-electron chi connectivity index (χ2n) is 8.97. The highest BCUT2D eigenvalue weighted by atomic mass is 19.1. The molecular weight excluding hydrogens is 494 g/mol. The van der Waals surface area contributed by atoms with E-state index in [-0.39, 0.29) is 75.7 Å². The van der Waals surface area contributed by atoms with Crippen LogP contribution in [-0.4, -0.2) is 89.8 Å². The van der Waals surface area contributed by atoms with Crippen molar-refractivity contribution in [1.82, 2.24) is 9.80 Å². The number of benzene rings is 1. The van der Waals surface area contributed by atoms with Gasteiger partial charge in [-0.25, -0.2) is 0 Å². The van der Waals surface area contributed by atoms with Gasteiger partial charge in [0, 0.05) is 37.8 Å². The van der Waals surface area contributed by atoms with Crippen molar-refractivity contribution in [2.45, 2.75) is 32.3 Å². The van der Waals surface area contributed by atoms with Crippen molar-refractivity contribution in [3.8, 4) is 0 Å². The van der Waals surface area contributed by atoms with Crippen molar-refractivity contribution in [1.29, 1.82) is 0 Å². The Balaban J connectivity index is 0.000000281. The summed E-state index contributed by atoms with van der Waals surface area (Å²) >= 11 is 0. The van der Waals surface area contributed by atoms with E-state index in [0.717, 1.165) is 5.56 Å². The van der Waals surface area contributed by atoms with Crippen molar-refractivity contribution < 1.29 is 47.4 Å². The number of alkyl halides is 2. The molecule has 2 atom stereocenters. The van der Waals surface area contributed by atoms with Gasteiger partial charge in [0.25, 0.3) is 0 Å². The van der Waals surface area contributed by atoms with Gasteiger partial charge in [0.2, 0.25) is 11.8 Å². The third-order valence-corrected chi connectivity index (χ3v) is 5.69. The number of hydrogen-bond donors (Lipinski definition) is 1. The second kappa shape index (κ2) is 14.8. The number of likely N-dealkylation sites (tertiary alicyclic amines) is 2. The number of hydrogen-bond acceptors (Lipinski definition) is 7. The molecule has 202 valence electrons. The molecule has 0 radical (unpaired) electrons. The zero-order chi connectivity index (χ0) is 27.4. The molecule has 37 heavy (non-hydrogen) atoms. The highest BCUT2D eigenvalue weighted by Crippen LogP contribution is 2.19. The lowest BCUT2D eigenvalue weighted by molar-refractivity contribution is -0.148. The smallest absolute Gasteiger partial charge is 0.313 e. The molecule has 10 nitrogen and oxygen atoms in total. The number of Topliss-reactive ketones (excluding diaryl/α,β-unsaturated/α-hetero) is 2. The minimum Gasteiger partial charge on any atom is -0.481 e. The topological polar surface area (TPSA) is 138 Å². The molecule has 0 bridgehead atoms. The Morgan fingerprint density at radius 1 is 0.838 bits per heavy atom. The van der Waals surface area contributed by atoms with Gasteiger partial charge in [0.05, 0.1) is 26.4 Å². The minimum absolute atomic E-state index is 0.108. The van der Waals surface area contributed by atoms with E-state index in [4.69, 9.17) is 9.84 Å². The summed E-state index contributed by atoms with van der Waals surface area (Å²) in [5, 5.41) is 8.34. The molecule has 0 unspecified atom stereocenters. The highest BCUT2D eigenvalue weighted by Gasteiger charge is 2.32. The number of nitrogens with zero attached hydrogens (tertiary/aromatic N) is 2. The predicted molar refractivity (Wildman–Crippen MR) is 124 cm³/mol. The third-order valence-electron chi connectivity index (χ3n) is 5.69. The van der Waals surface area contributed by atoms with Crippen LogP contribution in [0.4, 0.5) is 8.78 Å². The Morgan fingerprint density at radius 3 is 1.76 bits per heavy atom.